The molecule has 30 heavy (non-hydrogen) atoms. The van der Waals surface area contributed by atoms with E-state index >= 15 is 0 Å². The van der Waals surface area contributed by atoms with Crippen molar-refractivity contribution in [1.82, 2.24) is 15.6 Å². The van der Waals surface area contributed by atoms with E-state index in [1.165, 1.54) is 23.1 Å². The van der Waals surface area contributed by atoms with E-state index in [0.29, 0.717) is 26.3 Å². The van der Waals surface area contributed by atoms with Crippen LogP contribution in [0, 0.1) is 0 Å². The third kappa shape index (κ3) is 7.14. The molecule has 0 saturated heterocycles. The Kier molecular flexibility index (Phi) is 8.85. The van der Waals surface area contributed by atoms with Crippen molar-refractivity contribution in [3.05, 3.63) is 68.7 Å². The number of aromatic nitrogens is 2. The largest absolute Gasteiger partial charge is 0.272 e. The van der Waals surface area contributed by atoms with Crippen molar-refractivity contribution in [1.29, 1.82) is 0 Å². The molecule has 5 nitrogen and oxygen atoms in total. The van der Waals surface area contributed by atoms with E-state index in [1.54, 1.807) is 36.9 Å². The zero-order chi connectivity index (χ0) is 21.5. The Labute approximate surface area is 201 Å². The topological polar surface area (TPSA) is 67.2 Å². The number of thioether (sulfide) groups is 2. The lowest BCUT2D eigenvalue weighted by atomic mass is 10.1. The number of benzene rings is 2. The number of hydrogen-bond donors (Lipinski definition) is 1. The van der Waals surface area contributed by atoms with E-state index in [-0.39, 0.29) is 11.7 Å². The fraction of sp³-hybridized carbons (Fsp3) is 0.158. The molecule has 11 heteroatoms. The number of nitrogens with zero attached hydrogens (tertiary/aromatic N) is 3. The van der Waals surface area contributed by atoms with E-state index in [4.69, 9.17) is 34.8 Å². The summed E-state index contributed by atoms with van der Waals surface area (Å²) < 4.78 is 1.57. The van der Waals surface area contributed by atoms with E-state index in [9.17, 15) is 4.79 Å². The first-order valence-corrected chi connectivity index (χ1v) is 12.4. The monoisotopic (exact) mass is 516 g/mol. The molecular weight excluding hydrogens is 503 g/mol. The third-order valence-corrected chi connectivity index (χ3v) is 7.72. The average Bonchev–Trinajstić information content (AvgIpc) is 3.18. The first-order chi connectivity index (χ1) is 14.4. The van der Waals surface area contributed by atoms with Crippen molar-refractivity contribution in [3.8, 4) is 0 Å². The van der Waals surface area contributed by atoms with Crippen LogP contribution in [0.15, 0.2) is 56.2 Å². The summed E-state index contributed by atoms with van der Waals surface area (Å²) in [6.07, 6.45) is 0. The Hall–Kier alpha value is -1.29. The van der Waals surface area contributed by atoms with Gasteiger partial charge >= 0.3 is 0 Å². The van der Waals surface area contributed by atoms with Crippen molar-refractivity contribution in [2.75, 3.05) is 5.75 Å². The van der Waals surface area contributed by atoms with Gasteiger partial charge < -0.3 is 0 Å². The second kappa shape index (κ2) is 11.4. The van der Waals surface area contributed by atoms with Gasteiger partial charge in [0.2, 0.25) is 0 Å². The van der Waals surface area contributed by atoms with Gasteiger partial charge in [-0.2, -0.15) is 5.10 Å². The maximum absolute atomic E-state index is 12.1. The zero-order valence-corrected chi connectivity index (χ0v) is 20.3. The fourth-order valence-electron chi connectivity index (χ4n) is 2.19. The maximum Gasteiger partial charge on any atom is 0.250 e. The second-order valence-electron chi connectivity index (χ2n) is 5.89. The molecule has 3 rings (SSSR count). The Bertz CT molecular complexity index is 1060. The van der Waals surface area contributed by atoms with Gasteiger partial charge in [-0.3, -0.25) is 4.79 Å². The van der Waals surface area contributed by atoms with Gasteiger partial charge in [-0.05, 0) is 36.8 Å². The summed E-state index contributed by atoms with van der Waals surface area (Å²) in [5.41, 5.74) is 4.98. The predicted molar refractivity (Wildman–Crippen MR) is 128 cm³/mol. The predicted octanol–water partition coefficient (Wildman–Crippen LogP) is 6.42. The number of halogens is 3. The molecule has 0 saturated carbocycles. The van der Waals surface area contributed by atoms with Gasteiger partial charge in [-0.1, -0.05) is 87.9 Å². The van der Waals surface area contributed by atoms with Crippen LogP contribution in [0.4, 0.5) is 0 Å². The van der Waals surface area contributed by atoms with Crippen LogP contribution in [0.2, 0.25) is 15.1 Å². The number of carbonyl (C=O) groups excluding carboxylic acids is 1. The van der Waals surface area contributed by atoms with Gasteiger partial charge in [0.15, 0.2) is 8.68 Å². The number of amides is 1. The van der Waals surface area contributed by atoms with Crippen LogP contribution in [0.5, 0.6) is 0 Å². The fourth-order valence-corrected chi connectivity index (χ4v) is 5.63. The molecule has 0 atom stereocenters. The Morgan fingerprint density at radius 3 is 2.40 bits per heavy atom. The molecule has 0 bridgehead atoms. The van der Waals surface area contributed by atoms with E-state index in [2.05, 4.69) is 20.7 Å². The lowest BCUT2D eigenvalue weighted by Gasteiger charge is -2.05. The minimum absolute atomic E-state index is 0.182. The Morgan fingerprint density at radius 2 is 1.70 bits per heavy atom. The van der Waals surface area contributed by atoms with Gasteiger partial charge in [0.1, 0.15) is 0 Å². The van der Waals surface area contributed by atoms with Gasteiger partial charge in [-0.15, -0.1) is 10.2 Å². The summed E-state index contributed by atoms with van der Waals surface area (Å²) in [7, 11) is 0. The number of rotatable bonds is 8. The minimum atomic E-state index is -0.241. The summed E-state index contributed by atoms with van der Waals surface area (Å²) in [4.78, 5) is 12.1. The summed E-state index contributed by atoms with van der Waals surface area (Å²) >= 11 is 22.3. The first kappa shape index (κ1) is 23.4. The highest BCUT2D eigenvalue weighted by Gasteiger charge is 2.10. The molecule has 0 aliphatic rings. The van der Waals surface area contributed by atoms with Crippen molar-refractivity contribution >= 4 is 81.3 Å². The molecule has 0 aliphatic heterocycles. The van der Waals surface area contributed by atoms with Crippen molar-refractivity contribution < 1.29 is 4.79 Å². The first-order valence-electron chi connectivity index (χ1n) is 8.53. The highest BCUT2D eigenvalue weighted by Crippen LogP contribution is 2.30. The lowest BCUT2D eigenvalue weighted by Crippen LogP contribution is -2.21. The summed E-state index contributed by atoms with van der Waals surface area (Å²) in [5.74, 6) is 0.717. The van der Waals surface area contributed by atoms with Crippen molar-refractivity contribution in [3.63, 3.8) is 0 Å². The molecule has 0 radical (unpaired) electrons. The molecule has 0 unspecified atom stereocenters. The van der Waals surface area contributed by atoms with E-state index in [0.717, 1.165) is 20.0 Å². The highest BCUT2D eigenvalue weighted by atomic mass is 35.5. The van der Waals surface area contributed by atoms with Crippen LogP contribution in [0.25, 0.3) is 0 Å². The summed E-state index contributed by atoms with van der Waals surface area (Å²) in [6.45, 7) is 1.76. The third-order valence-electron chi connectivity index (χ3n) is 3.66. The summed E-state index contributed by atoms with van der Waals surface area (Å²) in [5, 5.41) is 14.1. The van der Waals surface area contributed by atoms with Crippen molar-refractivity contribution in [2.45, 2.75) is 21.4 Å². The molecule has 3 aromatic rings. The Morgan fingerprint density at radius 1 is 1.03 bits per heavy atom. The van der Waals surface area contributed by atoms with E-state index in [1.807, 2.05) is 24.3 Å². The van der Waals surface area contributed by atoms with Crippen LogP contribution < -0.4 is 5.43 Å². The average molecular weight is 518 g/mol. The Balaban J connectivity index is 1.46. The summed E-state index contributed by atoms with van der Waals surface area (Å²) in [6, 6.07) is 12.8. The van der Waals surface area contributed by atoms with Crippen LogP contribution in [-0.2, 0) is 10.5 Å². The highest BCUT2D eigenvalue weighted by molar-refractivity contribution is 8.03. The zero-order valence-electron chi connectivity index (χ0n) is 15.6. The molecule has 2 aromatic carbocycles. The second-order valence-corrected chi connectivity index (χ2v) is 10.6. The number of carbonyl (C=O) groups is 1. The molecule has 1 heterocycles. The molecule has 1 amide bonds. The molecule has 0 fully saturated rings. The maximum atomic E-state index is 12.1. The van der Waals surface area contributed by atoms with Gasteiger partial charge in [0.05, 0.1) is 16.5 Å². The number of nitrogens with one attached hydrogen (secondary N) is 1. The normalized spacial score (nSPS) is 11.5. The van der Waals surface area contributed by atoms with Crippen LogP contribution in [0.3, 0.4) is 0 Å². The molecule has 1 aromatic heterocycles. The number of hydrazone groups is 1. The molecule has 156 valence electrons. The number of hydrogen-bond acceptors (Lipinski definition) is 7. The van der Waals surface area contributed by atoms with Gasteiger partial charge in [-0.25, -0.2) is 5.43 Å². The molecule has 0 aliphatic carbocycles. The standard InChI is InChI=1S/C19H15Cl3N4OS3/c1-11(15-7-6-14(21)8-16(15)22)23-24-17(27)10-29-19-26-25-18(30-19)28-9-12-2-4-13(20)5-3-12/h2-8H,9-10H2,1H3,(H,24,27)/b23-11+. The molecule has 1 N–H and O–H groups in total. The lowest BCUT2D eigenvalue weighted by molar-refractivity contribution is -0.118. The van der Waals surface area contributed by atoms with E-state index < -0.39 is 0 Å². The van der Waals surface area contributed by atoms with Gasteiger partial charge in [0.25, 0.3) is 5.91 Å². The SMILES string of the molecule is C/C(=N\NC(=O)CSc1nnc(SCc2ccc(Cl)cc2)s1)c1ccc(Cl)cc1Cl. The van der Waals surface area contributed by atoms with Crippen LogP contribution in [0.1, 0.15) is 18.1 Å². The van der Waals surface area contributed by atoms with Crippen molar-refractivity contribution in [2.24, 2.45) is 5.10 Å². The molecule has 0 spiro atoms. The quantitative estimate of drug-likeness (QED) is 0.212. The van der Waals surface area contributed by atoms with Gasteiger partial charge in [0, 0.05) is 21.4 Å². The van der Waals surface area contributed by atoms with Crippen LogP contribution >= 0.6 is 69.7 Å². The van der Waals surface area contributed by atoms with Crippen LogP contribution in [-0.4, -0.2) is 27.6 Å². The smallest absolute Gasteiger partial charge is 0.250 e. The minimum Gasteiger partial charge on any atom is -0.272 e. The molecular formula is C19H15Cl3N4OS3.